The molecule has 0 fully saturated rings. The molecule has 132 valence electrons. The second-order valence-electron chi connectivity index (χ2n) is 5.87. The van der Waals surface area contributed by atoms with Crippen LogP contribution in [0.25, 0.3) is 10.8 Å². The maximum absolute atomic E-state index is 12.6. The van der Waals surface area contributed by atoms with E-state index in [1.54, 1.807) is 43.5 Å². The summed E-state index contributed by atoms with van der Waals surface area (Å²) in [4.78, 5) is 23.4. The lowest BCUT2D eigenvalue weighted by molar-refractivity contribution is 0.0696. The van der Waals surface area contributed by atoms with E-state index in [2.05, 4.69) is 5.32 Å². The average Bonchev–Trinajstić information content (AvgIpc) is 2.67. The molecule has 0 aliphatic heterocycles. The Bertz CT molecular complexity index is 948. The maximum Gasteiger partial charge on any atom is 0.335 e. The van der Waals surface area contributed by atoms with Crippen LogP contribution in [0.4, 0.5) is 0 Å². The molecule has 26 heavy (non-hydrogen) atoms. The van der Waals surface area contributed by atoms with Gasteiger partial charge in [-0.3, -0.25) is 4.79 Å². The Morgan fingerprint density at radius 2 is 1.65 bits per heavy atom. The van der Waals surface area contributed by atoms with Crippen LogP contribution in [0.15, 0.2) is 60.7 Å². The number of methoxy groups -OCH3 is 1. The van der Waals surface area contributed by atoms with E-state index in [0.717, 1.165) is 22.1 Å². The van der Waals surface area contributed by atoms with E-state index in [-0.39, 0.29) is 11.5 Å². The smallest absolute Gasteiger partial charge is 0.335 e. The molecule has 2 N–H and O–H groups in total. The van der Waals surface area contributed by atoms with Gasteiger partial charge in [-0.05, 0) is 41.6 Å². The number of rotatable bonds is 6. The monoisotopic (exact) mass is 349 g/mol. The summed E-state index contributed by atoms with van der Waals surface area (Å²) in [6, 6.07) is 17.8. The van der Waals surface area contributed by atoms with Crippen molar-refractivity contribution in [1.29, 1.82) is 0 Å². The highest BCUT2D eigenvalue weighted by atomic mass is 16.5. The lowest BCUT2D eigenvalue weighted by atomic mass is 10.0. The Morgan fingerprint density at radius 1 is 0.962 bits per heavy atom. The van der Waals surface area contributed by atoms with Crippen LogP contribution in [-0.4, -0.2) is 30.6 Å². The molecule has 0 aliphatic carbocycles. The molecule has 3 aromatic rings. The second kappa shape index (κ2) is 7.70. The highest BCUT2D eigenvalue weighted by Crippen LogP contribution is 2.28. The van der Waals surface area contributed by atoms with Gasteiger partial charge >= 0.3 is 5.97 Å². The topological polar surface area (TPSA) is 75.6 Å². The normalized spacial score (nSPS) is 10.5. The summed E-state index contributed by atoms with van der Waals surface area (Å²) < 4.78 is 5.35. The van der Waals surface area contributed by atoms with Crippen molar-refractivity contribution >= 4 is 22.6 Å². The number of nitrogens with one attached hydrogen (secondary N) is 1. The zero-order chi connectivity index (χ0) is 18.5. The largest absolute Gasteiger partial charge is 0.496 e. The summed E-state index contributed by atoms with van der Waals surface area (Å²) in [5.41, 5.74) is 1.82. The van der Waals surface area contributed by atoms with Gasteiger partial charge in [-0.1, -0.05) is 36.4 Å². The third-order valence-electron chi connectivity index (χ3n) is 4.25. The van der Waals surface area contributed by atoms with E-state index in [4.69, 9.17) is 9.84 Å². The van der Waals surface area contributed by atoms with Crippen molar-refractivity contribution in [1.82, 2.24) is 5.32 Å². The quantitative estimate of drug-likeness (QED) is 0.714. The standard InChI is InChI=1S/C21H19NO4/c1-26-19-11-10-18(16-4-2-3-5-17(16)19)20(23)22-13-12-14-6-8-15(9-7-14)21(24)25/h2-11H,12-13H2,1H3,(H,22,23)(H,24,25). The number of fused-ring (bicyclic) bond motifs is 1. The van der Waals surface area contributed by atoms with Crippen molar-refractivity contribution in [2.75, 3.05) is 13.7 Å². The molecule has 3 aromatic carbocycles. The Morgan fingerprint density at radius 3 is 2.31 bits per heavy atom. The molecule has 0 saturated heterocycles. The number of carbonyl (C=O) groups is 2. The molecule has 5 nitrogen and oxygen atoms in total. The van der Waals surface area contributed by atoms with E-state index < -0.39 is 5.97 Å². The molecular formula is C21H19NO4. The van der Waals surface area contributed by atoms with Crippen molar-refractivity contribution in [2.45, 2.75) is 6.42 Å². The number of ether oxygens (including phenoxy) is 1. The van der Waals surface area contributed by atoms with Gasteiger partial charge in [-0.25, -0.2) is 4.79 Å². The van der Waals surface area contributed by atoms with Gasteiger partial charge in [0, 0.05) is 17.5 Å². The molecule has 0 aliphatic rings. The molecular weight excluding hydrogens is 330 g/mol. The van der Waals surface area contributed by atoms with Gasteiger partial charge in [0.25, 0.3) is 5.91 Å². The fourth-order valence-electron chi connectivity index (χ4n) is 2.88. The molecule has 0 heterocycles. The van der Waals surface area contributed by atoms with Gasteiger partial charge in [0.2, 0.25) is 0 Å². The van der Waals surface area contributed by atoms with Gasteiger partial charge in [0.1, 0.15) is 5.75 Å². The Hall–Kier alpha value is -3.34. The summed E-state index contributed by atoms with van der Waals surface area (Å²) in [5.74, 6) is -0.363. The van der Waals surface area contributed by atoms with Crippen LogP contribution in [0.1, 0.15) is 26.3 Å². The molecule has 3 rings (SSSR count). The molecule has 0 unspecified atom stereocenters. The number of amides is 1. The van der Waals surface area contributed by atoms with Crippen molar-refractivity contribution in [3.05, 3.63) is 77.4 Å². The van der Waals surface area contributed by atoms with E-state index in [1.165, 1.54) is 0 Å². The van der Waals surface area contributed by atoms with Crippen LogP contribution < -0.4 is 10.1 Å². The number of carbonyl (C=O) groups excluding carboxylic acids is 1. The third-order valence-corrected chi connectivity index (χ3v) is 4.25. The van der Waals surface area contributed by atoms with Gasteiger partial charge in [-0.2, -0.15) is 0 Å². The Labute approximate surface area is 151 Å². The molecule has 0 spiro atoms. The highest BCUT2D eigenvalue weighted by Gasteiger charge is 2.12. The first-order valence-corrected chi connectivity index (χ1v) is 8.26. The van der Waals surface area contributed by atoms with Gasteiger partial charge in [-0.15, -0.1) is 0 Å². The molecule has 1 amide bonds. The summed E-state index contributed by atoms with van der Waals surface area (Å²) in [5, 5.41) is 13.6. The summed E-state index contributed by atoms with van der Waals surface area (Å²) in [6.45, 7) is 0.464. The molecule has 0 atom stereocenters. The van der Waals surface area contributed by atoms with Crippen molar-refractivity contribution in [3.63, 3.8) is 0 Å². The number of carboxylic acids is 1. The number of aromatic carboxylic acids is 1. The predicted octanol–water partition coefficient (Wildman–Crippen LogP) is 3.52. The Kier molecular flexibility index (Phi) is 5.17. The minimum Gasteiger partial charge on any atom is -0.496 e. The van der Waals surface area contributed by atoms with Gasteiger partial charge in [0.15, 0.2) is 0 Å². The van der Waals surface area contributed by atoms with Gasteiger partial charge < -0.3 is 15.2 Å². The first kappa shape index (κ1) is 17.5. The number of hydrogen-bond donors (Lipinski definition) is 2. The summed E-state index contributed by atoms with van der Waals surface area (Å²) in [7, 11) is 1.61. The minimum absolute atomic E-state index is 0.147. The zero-order valence-electron chi connectivity index (χ0n) is 14.4. The fourth-order valence-corrected chi connectivity index (χ4v) is 2.88. The van der Waals surface area contributed by atoms with Crippen molar-refractivity contribution < 1.29 is 19.4 Å². The lowest BCUT2D eigenvalue weighted by Crippen LogP contribution is -2.25. The van der Waals surface area contributed by atoms with E-state index in [9.17, 15) is 9.59 Å². The zero-order valence-corrected chi connectivity index (χ0v) is 14.4. The third kappa shape index (κ3) is 3.67. The molecule has 0 saturated carbocycles. The Balaban J connectivity index is 1.69. The molecule has 0 radical (unpaired) electrons. The average molecular weight is 349 g/mol. The molecule has 5 heteroatoms. The first-order valence-electron chi connectivity index (χ1n) is 8.26. The van der Waals surface area contributed by atoms with E-state index in [0.29, 0.717) is 18.5 Å². The molecule has 0 bridgehead atoms. The lowest BCUT2D eigenvalue weighted by Gasteiger charge is -2.11. The number of carboxylic acid groups (broad SMARTS) is 1. The second-order valence-corrected chi connectivity index (χ2v) is 5.87. The SMILES string of the molecule is COc1ccc(C(=O)NCCc2ccc(C(=O)O)cc2)c2ccccc12. The van der Waals surface area contributed by atoms with Crippen LogP contribution in [0, 0.1) is 0 Å². The van der Waals surface area contributed by atoms with E-state index in [1.807, 2.05) is 24.3 Å². The van der Waals surface area contributed by atoms with Crippen LogP contribution in [0.2, 0.25) is 0 Å². The van der Waals surface area contributed by atoms with E-state index >= 15 is 0 Å². The van der Waals surface area contributed by atoms with Crippen LogP contribution in [-0.2, 0) is 6.42 Å². The fraction of sp³-hybridized carbons (Fsp3) is 0.143. The van der Waals surface area contributed by atoms with Crippen LogP contribution in [0.5, 0.6) is 5.75 Å². The van der Waals surface area contributed by atoms with Crippen molar-refractivity contribution in [2.24, 2.45) is 0 Å². The summed E-state index contributed by atoms with van der Waals surface area (Å²) in [6.07, 6.45) is 0.625. The highest BCUT2D eigenvalue weighted by molar-refractivity contribution is 6.08. The maximum atomic E-state index is 12.6. The predicted molar refractivity (Wildman–Crippen MR) is 99.9 cm³/mol. The van der Waals surface area contributed by atoms with Crippen LogP contribution >= 0.6 is 0 Å². The van der Waals surface area contributed by atoms with Crippen molar-refractivity contribution in [3.8, 4) is 5.75 Å². The number of benzene rings is 3. The minimum atomic E-state index is -0.948. The van der Waals surface area contributed by atoms with Crippen LogP contribution in [0.3, 0.4) is 0 Å². The summed E-state index contributed by atoms with van der Waals surface area (Å²) >= 11 is 0. The first-order chi connectivity index (χ1) is 12.6. The number of hydrogen-bond acceptors (Lipinski definition) is 3. The molecule has 0 aromatic heterocycles. The van der Waals surface area contributed by atoms with Gasteiger partial charge in [0.05, 0.1) is 12.7 Å².